The van der Waals surface area contributed by atoms with Crippen LogP contribution < -0.4 is 10.1 Å². The fraction of sp³-hybridized carbons (Fsp3) is 0.625. The van der Waals surface area contributed by atoms with E-state index in [1.165, 1.54) is 31.2 Å². The topological polar surface area (TPSA) is 21.3 Å². The summed E-state index contributed by atoms with van der Waals surface area (Å²) in [4.78, 5) is 0. The largest absolute Gasteiger partial charge is 0.496 e. The van der Waals surface area contributed by atoms with Crippen LogP contribution in [0.1, 0.15) is 38.2 Å². The third-order valence-corrected chi connectivity index (χ3v) is 4.94. The predicted molar refractivity (Wildman–Crippen MR) is 79.1 cm³/mol. The Bertz CT molecular complexity index is 472. The molecular weight excluding hydrogens is 258 g/mol. The van der Waals surface area contributed by atoms with Crippen molar-refractivity contribution in [3.63, 3.8) is 0 Å². The summed E-state index contributed by atoms with van der Waals surface area (Å²) in [6, 6.07) is 6.77. The summed E-state index contributed by atoms with van der Waals surface area (Å²) < 4.78 is 5.56. The molecule has 2 atom stereocenters. The minimum atomic E-state index is 0.244. The summed E-state index contributed by atoms with van der Waals surface area (Å²) in [6.45, 7) is 3.34. The number of methoxy groups -OCH3 is 1. The second-order valence-electron chi connectivity index (χ2n) is 5.97. The van der Waals surface area contributed by atoms with Gasteiger partial charge in [-0.2, -0.15) is 0 Å². The molecule has 2 fully saturated rings. The lowest BCUT2D eigenvalue weighted by Gasteiger charge is -2.21. The maximum Gasteiger partial charge on any atom is 0.122 e. The second-order valence-corrected chi connectivity index (χ2v) is 6.40. The highest BCUT2D eigenvalue weighted by Gasteiger charge is 2.55. The predicted octanol–water partition coefficient (Wildman–Crippen LogP) is 3.77. The molecule has 2 saturated carbocycles. The van der Waals surface area contributed by atoms with Gasteiger partial charge in [0, 0.05) is 28.6 Å². The molecule has 104 valence electrons. The minimum Gasteiger partial charge on any atom is -0.496 e. The smallest absolute Gasteiger partial charge is 0.122 e. The molecule has 2 nitrogen and oxygen atoms in total. The maximum atomic E-state index is 6.20. The molecule has 0 bridgehead atoms. The van der Waals surface area contributed by atoms with Crippen LogP contribution in [0.15, 0.2) is 18.2 Å². The Kier molecular flexibility index (Phi) is 3.48. The van der Waals surface area contributed by atoms with Gasteiger partial charge in [0.15, 0.2) is 0 Å². The molecule has 0 aromatic heterocycles. The van der Waals surface area contributed by atoms with E-state index in [9.17, 15) is 0 Å². The number of ether oxygens (including phenoxy) is 1. The van der Waals surface area contributed by atoms with E-state index in [-0.39, 0.29) is 5.41 Å². The summed E-state index contributed by atoms with van der Waals surface area (Å²) in [6.07, 6.45) is 5.14. The number of halogens is 1. The third-order valence-electron chi connectivity index (χ3n) is 4.71. The summed E-state index contributed by atoms with van der Waals surface area (Å²) >= 11 is 6.20. The van der Waals surface area contributed by atoms with E-state index in [0.717, 1.165) is 29.3 Å². The molecular formula is C16H22ClNO. The molecule has 2 unspecified atom stereocenters. The van der Waals surface area contributed by atoms with E-state index in [1.54, 1.807) is 7.11 Å². The van der Waals surface area contributed by atoms with E-state index in [1.807, 2.05) is 12.1 Å². The van der Waals surface area contributed by atoms with Crippen molar-refractivity contribution in [2.45, 2.75) is 44.1 Å². The van der Waals surface area contributed by atoms with Crippen molar-refractivity contribution in [1.82, 2.24) is 5.32 Å². The average Bonchev–Trinajstić information content (AvgIpc) is 3.31. The average molecular weight is 280 g/mol. The van der Waals surface area contributed by atoms with Gasteiger partial charge in [0.05, 0.1) is 7.11 Å². The van der Waals surface area contributed by atoms with Crippen LogP contribution in [0.3, 0.4) is 0 Å². The fourth-order valence-corrected chi connectivity index (χ4v) is 3.41. The molecule has 1 N–H and O–H groups in total. The molecule has 0 saturated heterocycles. The van der Waals surface area contributed by atoms with Crippen molar-refractivity contribution >= 4 is 11.6 Å². The van der Waals surface area contributed by atoms with Crippen LogP contribution in [-0.2, 0) is 5.41 Å². The Labute approximate surface area is 120 Å². The molecule has 19 heavy (non-hydrogen) atoms. The van der Waals surface area contributed by atoms with Gasteiger partial charge in [0.25, 0.3) is 0 Å². The van der Waals surface area contributed by atoms with Crippen molar-refractivity contribution < 1.29 is 4.74 Å². The van der Waals surface area contributed by atoms with Crippen LogP contribution in [-0.4, -0.2) is 19.7 Å². The monoisotopic (exact) mass is 279 g/mol. The number of hydrogen-bond acceptors (Lipinski definition) is 2. The van der Waals surface area contributed by atoms with Gasteiger partial charge >= 0.3 is 0 Å². The van der Waals surface area contributed by atoms with Crippen LogP contribution in [0, 0.1) is 5.92 Å². The van der Waals surface area contributed by atoms with Crippen LogP contribution in [0.4, 0.5) is 0 Å². The first-order valence-corrected chi connectivity index (χ1v) is 7.65. The zero-order valence-electron chi connectivity index (χ0n) is 11.7. The van der Waals surface area contributed by atoms with Gasteiger partial charge in [-0.15, -0.1) is 0 Å². The Morgan fingerprint density at radius 2 is 2.21 bits per heavy atom. The van der Waals surface area contributed by atoms with E-state index in [0.29, 0.717) is 0 Å². The Morgan fingerprint density at radius 1 is 1.42 bits per heavy atom. The van der Waals surface area contributed by atoms with Gasteiger partial charge in [-0.1, -0.05) is 24.9 Å². The van der Waals surface area contributed by atoms with Crippen molar-refractivity contribution in [2.24, 2.45) is 5.92 Å². The molecule has 3 rings (SSSR count). The molecule has 0 heterocycles. The Morgan fingerprint density at radius 3 is 2.79 bits per heavy atom. The number of rotatable bonds is 6. The number of nitrogens with one attached hydrogen (secondary N) is 1. The van der Waals surface area contributed by atoms with Gasteiger partial charge in [-0.25, -0.2) is 0 Å². The number of hydrogen-bond donors (Lipinski definition) is 1. The molecule has 0 aliphatic heterocycles. The van der Waals surface area contributed by atoms with Crippen LogP contribution in [0.2, 0.25) is 5.02 Å². The zero-order chi connectivity index (χ0) is 13.5. The van der Waals surface area contributed by atoms with Crippen molar-refractivity contribution in [2.75, 3.05) is 13.7 Å². The molecule has 0 spiro atoms. The van der Waals surface area contributed by atoms with Gasteiger partial charge < -0.3 is 10.1 Å². The molecule has 0 amide bonds. The van der Waals surface area contributed by atoms with Gasteiger partial charge in [-0.3, -0.25) is 0 Å². The highest BCUT2D eigenvalue weighted by Crippen LogP contribution is 2.58. The van der Waals surface area contributed by atoms with Crippen molar-refractivity contribution in [3.05, 3.63) is 28.8 Å². The van der Waals surface area contributed by atoms with E-state index in [4.69, 9.17) is 16.3 Å². The molecule has 3 heteroatoms. The fourth-order valence-electron chi connectivity index (χ4n) is 3.24. The van der Waals surface area contributed by atoms with Gasteiger partial charge in [0.1, 0.15) is 5.75 Å². The molecule has 0 radical (unpaired) electrons. The molecule has 2 aliphatic rings. The normalized spacial score (nSPS) is 29.3. The van der Waals surface area contributed by atoms with Crippen molar-refractivity contribution in [3.8, 4) is 5.75 Å². The standard InChI is InChI=1S/C16H22ClNO/c1-3-11-9-16(11,10-18-13-5-6-13)14-8-12(17)4-7-15(14)19-2/h4,7-8,11,13,18H,3,5-6,9-10H2,1-2H3. The quantitative estimate of drug-likeness (QED) is 0.856. The Hall–Kier alpha value is -0.730. The first-order chi connectivity index (χ1) is 9.19. The lowest BCUT2D eigenvalue weighted by molar-refractivity contribution is 0.397. The summed E-state index contributed by atoms with van der Waals surface area (Å²) in [5, 5.41) is 4.50. The summed E-state index contributed by atoms with van der Waals surface area (Å²) in [5.41, 5.74) is 1.54. The minimum absolute atomic E-state index is 0.244. The summed E-state index contributed by atoms with van der Waals surface area (Å²) in [5.74, 6) is 1.74. The zero-order valence-corrected chi connectivity index (χ0v) is 12.5. The first-order valence-electron chi connectivity index (χ1n) is 7.27. The van der Waals surface area contributed by atoms with Crippen LogP contribution >= 0.6 is 11.6 Å². The van der Waals surface area contributed by atoms with Gasteiger partial charge in [-0.05, 0) is 43.4 Å². The highest BCUT2D eigenvalue weighted by atomic mass is 35.5. The van der Waals surface area contributed by atoms with Crippen LogP contribution in [0.5, 0.6) is 5.75 Å². The Balaban J connectivity index is 1.88. The molecule has 1 aromatic rings. The van der Waals surface area contributed by atoms with E-state index >= 15 is 0 Å². The van der Waals surface area contributed by atoms with Crippen molar-refractivity contribution in [1.29, 1.82) is 0 Å². The van der Waals surface area contributed by atoms with Gasteiger partial charge in [0.2, 0.25) is 0 Å². The molecule has 1 aromatic carbocycles. The highest BCUT2D eigenvalue weighted by molar-refractivity contribution is 6.30. The lowest BCUT2D eigenvalue weighted by Crippen LogP contribution is -2.30. The lowest BCUT2D eigenvalue weighted by atomic mass is 9.91. The van der Waals surface area contributed by atoms with E-state index < -0.39 is 0 Å². The van der Waals surface area contributed by atoms with E-state index in [2.05, 4.69) is 18.3 Å². The van der Waals surface area contributed by atoms with Crippen LogP contribution in [0.25, 0.3) is 0 Å². The third kappa shape index (κ3) is 2.48. The maximum absolute atomic E-state index is 6.20. The summed E-state index contributed by atoms with van der Waals surface area (Å²) in [7, 11) is 1.75. The molecule has 2 aliphatic carbocycles. The first kappa shape index (κ1) is 13.3. The second kappa shape index (κ2) is 4.99. The SMILES string of the molecule is CCC1CC1(CNC1CC1)c1cc(Cl)ccc1OC. The number of benzene rings is 1.